The van der Waals surface area contributed by atoms with Crippen LogP contribution in [-0.4, -0.2) is 13.2 Å². The first-order valence-electron chi connectivity index (χ1n) is 9.70. The normalized spacial score (nSPS) is 11.2. The van der Waals surface area contributed by atoms with E-state index in [0.717, 1.165) is 22.8 Å². The van der Waals surface area contributed by atoms with E-state index in [4.69, 9.17) is 14.2 Å². The molecule has 0 aliphatic heterocycles. The molecule has 3 heteroatoms. The minimum Gasteiger partial charge on any atom is -0.494 e. The molecule has 0 saturated carbocycles. The first kappa shape index (κ1) is 20.0. The molecule has 0 spiro atoms. The summed E-state index contributed by atoms with van der Waals surface area (Å²) in [6, 6.07) is 26.1. The van der Waals surface area contributed by atoms with Crippen LogP contribution in [0, 0.1) is 0 Å². The van der Waals surface area contributed by atoms with Crippen LogP contribution in [0.4, 0.5) is 0 Å². The molecule has 0 unspecified atom stereocenters. The summed E-state index contributed by atoms with van der Waals surface area (Å²) in [6.45, 7) is 8.20. The maximum atomic E-state index is 6.05. The second-order valence-electron chi connectivity index (χ2n) is 7.40. The maximum absolute atomic E-state index is 6.05. The Morgan fingerprint density at radius 2 is 1.46 bits per heavy atom. The highest BCUT2D eigenvalue weighted by Crippen LogP contribution is 2.28. The van der Waals surface area contributed by atoms with E-state index in [1.54, 1.807) is 0 Å². The Balaban J connectivity index is 1.58. The fraction of sp³-hybridized carbons (Fsp3) is 0.280. The highest BCUT2D eigenvalue weighted by atomic mass is 16.5. The summed E-state index contributed by atoms with van der Waals surface area (Å²) < 4.78 is 17.6. The van der Waals surface area contributed by atoms with Gasteiger partial charge in [0.25, 0.3) is 0 Å². The van der Waals surface area contributed by atoms with E-state index >= 15 is 0 Å². The Labute approximate surface area is 167 Å². The summed E-state index contributed by atoms with van der Waals surface area (Å²) in [4.78, 5) is 0. The molecule has 0 bridgehead atoms. The molecule has 0 radical (unpaired) electrons. The van der Waals surface area contributed by atoms with Gasteiger partial charge in [0.1, 0.15) is 17.2 Å². The third-order valence-corrected chi connectivity index (χ3v) is 4.54. The lowest BCUT2D eigenvalue weighted by atomic mass is 9.85. The average Bonchev–Trinajstić information content (AvgIpc) is 2.69. The third-order valence-electron chi connectivity index (χ3n) is 4.54. The fourth-order valence-electron chi connectivity index (χ4n) is 3.00. The number of para-hydroxylation sites is 1. The standard InChI is InChI=1S/C25H28O3/c1-4-27-23-14-9-11-21(17-23)25(2,3)19-26-18-20-10-8-15-24(16-20)28-22-12-6-5-7-13-22/h5-17H,4,18-19H2,1-3H3. The van der Waals surface area contributed by atoms with Crippen molar-refractivity contribution >= 4 is 0 Å². The van der Waals surface area contributed by atoms with E-state index in [1.807, 2.05) is 67.6 Å². The first-order chi connectivity index (χ1) is 13.6. The zero-order valence-electron chi connectivity index (χ0n) is 16.9. The van der Waals surface area contributed by atoms with E-state index in [-0.39, 0.29) is 5.41 Å². The van der Waals surface area contributed by atoms with E-state index in [9.17, 15) is 0 Å². The Morgan fingerprint density at radius 1 is 0.750 bits per heavy atom. The second-order valence-corrected chi connectivity index (χ2v) is 7.40. The van der Waals surface area contributed by atoms with Crippen molar-refractivity contribution in [1.82, 2.24) is 0 Å². The van der Waals surface area contributed by atoms with Crippen LogP contribution in [0.1, 0.15) is 31.9 Å². The molecule has 0 aromatic heterocycles. The van der Waals surface area contributed by atoms with E-state index in [2.05, 4.69) is 32.0 Å². The van der Waals surface area contributed by atoms with E-state index in [1.165, 1.54) is 5.56 Å². The summed E-state index contributed by atoms with van der Waals surface area (Å²) in [6.07, 6.45) is 0. The predicted molar refractivity (Wildman–Crippen MR) is 113 cm³/mol. The number of hydrogen-bond donors (Lipinski definition) is 0. The lowest BCUT2D eigenvalue weighted by Gasteiger charge is -2.25. The molecule has 0 N–H and O–H groups in total. The van der Waals surface area contributed by atoms with Gasteiger partial charge in [0.15, 0.2) is 0 Å². The topological polar surface area (TPSA) is 27.7 Å². The molecular weight excluding hydrogens is 348 g/mol. The van der Waals surface area contributed by atoms with Crippen molar-refractivity contribution in [3.8, 4) is 17.2 Å². The van der Waals surface area contributed by atoms with Crippen LogP contribution in [0.3, 0.4) is 0 Å². The molecule has 3 aromatic rings. The van der Waals surface area contributed by atoms with Crippen LogP contribution in [0.15, 0.2) is 78.9 Å². The highest BCUT2D eigenvalue weighted by Gasteiger charge is 2.21. The van der Waals surface area contributed by atoms with Crippen LogP contribution in [0.25, 0.3) is 0 Å². The van der Waals surface area contributed by atoms with Gasteiger partial charge >= 0.3 is 0 Å². The van der Waals surface area contributed by atoms with Crippen molar-refractivity contribution in [2.75, 3.05) is 13.2 Å². The van der Waals surface area contributed by atoms with Gasteiger partial charge in [0.05, 0.1) is 19.8 Å². The average molecular weight is 376 g/mol. The van der Waals surface area contributed by atoms with Gasteiger partial charge in [0, 0.05) is 5.41 Å². The lowest BCUT2D eigenvalue weighted by molar-refractivity contribution is 0.0823. The van der Waals surface area contributed by atoms with Crippen LogP contribution < -0.4 is 9.47 Å². The van der Waals surface area contributed by atoms with Gasteiger partial charge in [0.2, 0.25) is 0 Å². The van der Waals surface area contributed by atoms with Gasteiger partial charge in [-0.05, 0) is 54.4 Å². The van der Waals surface area contributed by atoms with Crippen molar-refractivity contribution in [3.05, 3.63) is 90.0 Å². The van der Waals surface area contributed by atoms with Crippen molar-refractivity contribution in [3.63, 3.8) is 0 Å². The van der Waals surface area contributed by atoms with Crippen molar-refractivity contribution < 1.29 is 14.2 Å². The molecule has 28 heavy (non-hydrogen) atoms. The fourth-order valence-corrected chi connectivity index (χ4v) is 3.00. The highest BCUT2D eigenvalue weighted by molar-refractivity contribution is 5.34. The molecule has 3 aromatic carbocycles. The lowest BCUT2D eigenvalue weighted by Crippen LogP contribution is -2.24. The largest absolute Gasteiger partial charge is 0.494 e. The molecule has 3 rings (SSSR count). The Kier molecular flexibility index (Phi) is 6.72. The Morgan fingerprint density at radius 3 is 2.25 bits per heavy atom. The molecule has 0 aliphatic rings. The molecular formula is C25H28O3. The number of rotatable bonds is 9. The Hall–Kier alpha value is -2.78. The molecule has 146 valence electrons. The predicted octanol–water partition coefficient (Wildman–Crippen LogP) is 6.37. The Bertz CT molecular complexity index is 872. The van der Waals surface area contributed by atoms with Crippen molar-refractivity contribution in [2.45, 2.75) is 32.8 Å². The van der Waals surface area contributed by atoms with Crippen LogP contribution in [0.5, 0.6) is 17.2 Å². The quantitative estimate of drug-likeness (QED) is 0.434. The molecule has 0 heterocycles. The molecule has 0 atom stereocenters. The summed E-state index contributed by atoms with van der Waals surface area (Å²) >= 11 is 0. The van der Waals surface area contributed by atoms with E-state index in [0.29, 0.717) is 19.8 Å². The number of ether oxygens (including phenoxy) is 3. The summed E-state index contributed by atoms with van der Waals surface area (Å²) in [5.41, 5.74) is 2.19. The maximum Gasteiger partial charge on any atom is 0.127 e. The smallest absolute Gasteiger partial charge is 0.127 e. The van der Waals surface area contributed by atoms with Gasteiger partial charge < -0.3 is 14.2 Å². The van der Waals surface area contributed by atoms with Gasteiger partial charge in [-0.2, -0.15) is 0 Å². The van der Waals surface area contributed by atoms with Crippen LogP contribution >= 0.6 is 0 Å². The summed E-state index contributed by atoms with van der Waals surface area (Å²) in [5, 5.41) is 0. The molecule has 0 saturated heterocycles. The first-order valence-corrected chi connectivity index (χ1v) is 9.70. The van der Waals surface area contributed by atoms with Gasteiger partial charge in [-0.3, -0.25) is 0 Å². The minimum atomic E-state index is -0.106. The zero-order valence-corrected chi connectivity index (χ0v) is 16.9. The second kappa shape index (κ2) is 9.43. The molecule has 0 aliphatic carbocycles. The molecule has 0 fully saturated rings. The van der Waals surface area contributed by atoms with Crippen molar-refractivity contribution in [2.24, 2.45) is 0 Å². The van der Waals surface area contributed by atoms with E-state index < -0.39 is 0 Å². The molecule has 3 nitrogen and oxygen atoms in total. The summed E-state index contributed by atoms with van der Waals surface area (Å²) in [7, 11) is 0. The van der Waals surface area contributed by atoms with Crippen LogP contribution in [0.2, 0.25) is 0 Å². The van der Waals surface area contributed by atoms with Gasteiger partial charge in [-0.1, -0.05) is 56.3 Å². The minimum absolute atomic E-state index is 0.106. The monoisotopic (exact) mass is 376 g/mol. The third kappa shape index (κ3) is 5.61. The van der Waals surface area contributed by atoms with Gasteiger partial charge in [-0.25, -0.2) is 0 Å². The van der Waals surface area contributed by atoms with Crippen molar-refractivity contribution in [1.29, 1.82) is 0 Å². The number of benzene rings is 3. The van der Waals surface area contributed by atoms with Gasteiger partial charge in [-0.15, -0.1) is 0 Å². The van der Waals surface area contributed by atoms with Crippen LogP contribution in [-0.2, 0) is 16.8 Å². The molecule has 0 amide bonds. The zero-order chi connectivity index (χ0) is 19.8. The summed E-state index contributed by atoms with van der Waals surface area (Å²) in [5.74, 6) is 2.55. The SMILES string of the molecule is CCOc1cccc(C(C)(C)COCc2cccc(Oc3ccccc3)c2)c1. The number of hydrogen-bond acceptors (Lipinski definition) is 3.